The zero-order valence-electron chi connectivity index (χ0n) is 24.9. The maximum Gasteiger partial charge on any atom is 0.181 e. The second kappa shape index (κ2) is 8.74. The molecular weight excluding hydrogens is 546 g/mol. The van der Waals surface area contributed by atoms with E-state index in [1.165, 1.54) is 40.3 Å². The number of Topliss-reactive ketones (excluding diaryl/α,β-unsaturated/α-hetero) is 1. The van der Waals surface area contributed by atoms with Gasteiger partial charge in [0.2, 0.25) is 0 Å². The second-order valence-electron chi connectivity index (χ2n) is 14.6. The maximum atomic E-state index is 15.2. The van der Waals surface area contributed by atoms with Crippen LogP contribution in [0.5, 0.6) is 11.5 Å². The van der Waals surface area contributed by atoms with Crippen molar-refractivity contribution >= 4 is 16.6 Å². The van der Waals surface area contributed by atoms with E-state index in [-0.39, 0.29) is 11.8 Å². The molecule has 0 radical (unpaired) electrons. The average molecular weight is 584 g/mol. The number of hydrogen-bond acceptors (Lipinski definition) is 5. The van der Waals surface area contributed by atoms with E-state index in [0.717, 1.165) is 43.0 Å². The Bertz CT molecular complexity index is 1820. The van der Waals surface area contributed by atoms with Crippen LogP contribution in [0.2, 0.25) is 0 Å². The van der Waals surface area contributed by atoms with Crippen LogP contribution in [-0.2, 0) is 36.1 Å². The van der Waals surface area contributed by atoms with E-state index < -0.39 is 22.5 Å². The largest absolute Gasteiger partial charge is 0.485 e. The highest BCUT2D eigenvalue weighted by Crippen LogP contribution is 2.68. The molecule has 1 N–H and O–H groups in total. The maximum absolute atomic E-state index is 15.2. The molecular formula is C39H37NO4. The standard InChI is InChI=1S/C39H37NO4/c41-35-36-38-16-17-40(21-24-12-13-24)31(18-27-14-15-30(34(44-36)33(27)38)43-22-25-6-2-1-3-7-25)39(38,42)23-37(35)19-28-10-4-8-26-9-5-11-29(20-37)32(26)28/h1-11,14-15,24,31,36,42H,12-13,16-23H2/t31-,36+,38+,39-/m1/s1. The van der Waals surface area contributed by atoms with Crippen LogP contribution < -0.4 is 9.47 Å². The Balaban J connectivity index is 1.12. The van der Waals surface area contributed by atoms with E-state index in [2.05, 4.69) is 59.5 Å². The summed E-state index contributed by atoms with van der Waals surface area (Å²) in [5, 5.41) is 16.0. The Kier molecular flexibility index (Phi) is 5.09. The van der Waals surface area contributed by atoms with Crippen LogP contribution in [0.15, 0.2) is 78.9 Å². The highest BCUT2D eigenvalue weighted by atomic mass is 16.5. The third kappa shape index (κ3) is 3.24. The van der Waals surface area contributed by atoms with Gasteiger partial charge in [0.15, 0.2) is 23.4 Å². The van der Waals surface area contributed by atoms with Gasteiger partial charge < -0.3 is 14.6 Å². The number of benzene rings is 4. The van der Waals surface area contributed by atoms with Crippen molar-refractivity contribution in [1.82, 2.24) is 4.90 Å². The molecule has 10 rings (SSSR count). The topological polar surface area (TPSA) is 59.0 Å². The molecule has 2 bridgehead atoms. The molecule has 4 aliphatic carbocycles. The van der Waals surface area contributed by atoms with Crippen molar-refractivity contribution in [3.63, 3.8) is 0 Å². The van der Waals surface area contributed by atoms with Gasteiger partial charge in [0.25, 0.3) is 0 Å². The van der Waals surface area contributed by atoms with Crippen molar-refractivity contribution in [2.75, 3.05) is 13.1 Å². The molecule has 2 heterocycles. The van der Waals surface area contributed by atoms with Crippen molar-refractivity contribution < 1.29 is 19.4 Å². The molecule has 0 amide bonds. The quantitative estimate of drug-likeness (QED) is 0.315. The lowest BCUT2D eigenvalue weighted by Gasteiger charge is -2.65. The number of nitrogens with zero attached hydrogens (tertiary/aromatic N) is 1. The average Bonchev–Trinajstić information content (AvgIpc) is 3.78. The zero-order chi connectivity index (χ0) is 29.3. The van der Waals surface area contributed by atoms with Crippen LogP contribution in [0.25, 0.3) is 10.8 Å². The number of carbonyl (C=O) groups is 1. The third-order valence-electron chi connectivity index (χ3n) is 12.2. The van der Waals surface area contributed by atoms with Crippen LogP contribution in [0.1, 0.15) is 53.5 Å². The Hall–Kier alpha value is -3.67. The Morgan fingerprint density at radius 2 is 1.68 bits per heavy atom. The molecule has 4 aromatic rings. The molecule has 4 atom stereocenters. The normalized spacial score (nSPS) is 30.7. The van der Waals surface area contributed by atoms with Gasteiger partial charge in [-0.25, -0.2) is 0 Å². The lowest BCUT2D eigenvalue weighted by Crippen LogP contribution is -2.79. The molecule has 2 saturated carbocycles. The number of likely N-dealkylation sites (tertiary alicyclic amines) is 1. The number of aliphatic hydroxyl groups is 1. The van der Waals surface area contributed by atoms with Crippen LogP contribution >= 0.6 is 0 Å². The third-order valence-corrected chi connectivity index (χ3v) is 12.2. The predicted octanol–water partition coefficient (Wildman–Crippen LogP) is 5.95. The van der Waals surface area contributed by atoms with Crippen molar-refractivity contribution in [3.8, 4) is 11.5 Å². The molecule has 222 valence electrons. The highest BCUT2D eigenvalue weighted by Gasteiger charge is 2.77. The minimum atomic E-state index is -1.07. The molecule has 4 aromatic carbocycles. The SMILES string of the molecule is O=C1[C@@H]2Oc3c(OCc4ccccc4)ccc4c3[C@@]23CCN(CC2CC2)[C@H](C4)[C@]3(O)CC12Cc1cccc3cccc(c13)C2. The summed E-state index contributed by atoms with van der Waals surface area (Å²) in [7, 11) is 0. The molecule has 1 saturated heterocycles. The molecule has 44 heavy (non-hydrogen) atoms. The first kappa shape index (κ1) is 25.6. The van der Waals surface area contributed by atoms with Gasteiger partial charge in [0, 0.05) is 23.6 Å². The summed E-state index contributed by atoms with van der Waals surface area (Å²) in [5.74, 6) is 2.27. The van der Waals surface area contributed by atoms with E-state index in [9.17, 15) is 5.11 Å². The van der Waals surface area contributed by atoms with Crippen molar-refractivity contribution in [2.24, 2.45) is 11.3 Å². The van der Waals surface area contributed by atoms with Crippen LogP contribution in [-0.4, -0.2) is 46.6 Å². The van der Waals surface area contributed by atoms with E-state index in [0.29, 0.717) is 37.4 Å². The first-order chi connectivity index (χ1) is 21.5. The Labute approximate surface area is 257 Å². The number of ketones is 1. The van der Waals surface area contributed by atoms with Crippen molar-refractivity contribution in [2.45, 2.75) is 74.7 Å². The molecule has 5 heteroatoms. The molecule has 6 aliphatic rings. The number of piperidine rings is 1. The summed E-state index contributed by atoms with van der Waals surface area (Å²) >= 11 is 0. The smallest absolute Gasteiger partial charge is 0.181 e. The van der Waals surface area contributed by atoms with Crippen molar-refractivity contribution in [1.29, 1.82) is 0 Å². The van der Waals surface area contributed by atoms with Gasteiger partial charge >= 0.3 is 0 Å². The molecule has 5 nitrogen and oxygen atoms in total. The van der Waals surface area contributed by atoms with E-state index in [1.54, 1.807) is 0 Å². The summed E-state index contributed by atoms with van der Waals surface area (Å²) < 4.78 is 13.4. The lowest BCUT2D eigenvalue weighted by atomic mass is 9.43. The molecule has 0 aromatic heterocycles. The van der Waals surface area contributed by atoms with E-state index in [4.69, 9.17) is 9.47 Å². The van der Waals surface area contributed by atoms with Gasteiger partial charge in [-0.2, -0.15) is 0 Å². The summed E-state index contributed by atoms with van der Waals surface area (Å²) in [6.07, 6.45) is 5.12. The highest BCUT2D eigenvalue weighted by molar-refractivity contribution is 5.98. The lowest BCUT2D eigenvalue weighted by molar-refractivity contribution is -0.210. The van der Waals surface area contributed by atoms with Crippen LogP contribution in [0.4, 0.5) is 0 Å². The number of carbonyl (C=O) groups excluding carboxylic acids is 1. The minimum absolute atomic E-state index is 0.0320. The summed E-state index contributed by atoms with van der Waals surface area (Å²) in [4.78, 5) is 17.8. The van der Waals surface area contributed by atoms with Gasteiger partial charge in [-0.05, 0) is 96.5 Å². The van der Waals surface area contributed by atoms with E-state index >= 15 is 4.79 Å². The molecule has 2 spiro atoms. The van der Waals surface area contributed by atoms with Gasteiger partial charge in [-0.15, -0.1) is 0 Å². The molecule has 3 fully saturated rings. The summed E-state index contributed by atoms with van der Waals surface area (Å²) in [6.45, 7) is 2.35. The summed E-state index contributed by atoms with van der Waals surface area (Å²) in [6, 6.07) is 27.3. The van der Waals surface area contributed by atoms with Gasteiger partial charge in [0.1, 0.15) is 6.61 Å². The van der Waals surface area contributed by atoms with Crippen LogP contribution in [0, 0.1) is 11.3 Å². The predicted molar refractivity (Wildman–Crippen MR) is 168 cm³/mol. The van der Waals surface area contributed by atoms with Gasteiger partial charge in [0.05, 0.1) is 11.0 Å². The minimum Gasteiger partial charge on any atom is -0.485 e. The Morgan fingerprint density at radius 3 is 2.43 bits per heavy atom. The van der Waals surface area contributed by atoms with Gasteiger partial charge in [-0.3, -0.25) is 9.69 Å². The fourth-order valence-electron chi connectivity index (χ4n) is 10.2. The van der Waals surface area contributed by atoms with Gasteiger partial charge in [-0.1, -0.05) is 72.8 Å². The first-order valence-corrected chi connectivity index (χ1v) is 16.5. The second-order valence-corrected chi connectivity index (χ2v) is 14.6. The summed E-state index contributed by atoms with van der Waals surface area (Å²) in [5.41, 5.74) is 3.25. The van der Waals surface area contributed by atoms with Crippen LogP contribution in [0.3, 0.4) is 0 Å². The fraction of sp³-hybridized carbons (Fsp3) is 0.410. The molecule has 0 unspecified atom stereocenters. The molecule has 2 aliphatic heterocycles. The number of hydrogen-bond donors (Lipinski definition) is 1. The monoisotopic (exact) mass is 583 g/mol. The number of ether oxygens (including phenoxy) is 2. The first-order valence-electron chi connectivity index (χ1n) is 16.5. The van der Waals surface area contributed by atoms with E-state index in [1.807, 2.05) is 24.3 Å². The fourth-order valence-corrected chi connectivity index (χ4v) is 10.2. The zero-order valence-corrected chi connectivity index (χ0v) is 24.9. The Morgan fingerprint density at radius 1 is 0.909 bits per heavy atom. The number of rotatable bonds is 5. The van der Waals surface area contributed by atoms with Crippen molar-refractivity contribution in [3.05, 3.63) is 107 Å².